The molecule has 1 fully saturated rings. The SMILES string of the molecule is CCC(=O)N1C(=S)OC[C@@H]1CC. The van der Waals surface area contributed by atoms with Crippen molar-refractivity contribution in [2.24, 2.45) is 0 Å². The number of carbonyl (C=O) groups excluding carboxylic acids is 1. The smallest absolute Gasteiger partial charge is 0.266 e. The van der Waals surface area contributed by atoms with Crippen LogP contribution in [0, 0.1) is 0 Å². The number of rotatable bonds is 2. The first-order chi connectivity index (χ1) is 5.70. The van der Waals surface area contributed by atoms with Crippen molar-refractivity contribution in [1.82, 2.24) is 4.90 Å². The maximum atomic E-state index is 11.4. The molecule has 1 aliphatic heterocycles. The van der Waals surface area contributed by atoms with E-state index in [2.05, 4.69) is 0 Å². The molecule has 1 rings (SSSR count). The quantitative estimate of drug-likeness (QED) is 0.611. The van der Waals surface area contributed by atoms with E-state index in [1.807, 2.05) is 13.8 Å². The van der Waals surface area contributed by atoms with Gasteiger partial charge in [0, 0.05) is 6.42 Å². The van der Waals surface area contributed by atoms with E-state index in [1.165, 1.54) is 0 Å². The number of carbonyl (C=O) groups is 1. The van der Waals surface area contributed by atoms with Gasteiger partial charge in [0.25, 0.3) is 5.17 Å². The summed E-state index contributed by atoms with van der Waals surface area (Å²) in [6, 6.07) is 0.157. The molecular weight excluding hydrogens is 174 g/mol. The third kappa shape index (κ3) is 1.58. The molecule has 1 saturated heterocycles. The molecular formula is C8H13NO2S. The monoisotopic (exact) mass is 187 g/mol. The van der Waals surface area contributed by atoms with Gasteiger partial charge in [-0.1, -0.05) is 13.8 Å². The minimum absolute atomic E-state index is 0.0596. The zero-order chi connectivity index (χ0) is 9.14. The fourth-order valence-corrected chi connectivity index (χ4v) is 1.56. The van der Waals surface area contributed by atoms with Gasteiger partial charge in [-0.2, -0.15) is 0 Å². The van der Waals surface area contributed by atoms with Gasteiger partial charge < -0.3 is 4.74 Å². The van der Waals surface area contributed by atoms with Crippen molar-refractivity contribution in [3.05, 3.63) is 0 Å². The Morgan fingerprint density at radius 3 is 2.92 bits per heavy atom. The Morgan fingerprint density at radius 1 is 1.75 bits per heavy atom. The average molecular weight is 187 g/mol. The summed E-state index contributed by atoms with van der Waals surface area (Å²) in [5.74, 6) is 0.0596. The summed E-state index contributed by atoms with van der Waals surface area (Å²) in [6.07, 6.45) is 1.38. The highest BCUT2D eigenvalue weighted by atomic mass is 32.1. The van der Waals surface area contributed by atoms with Crippen LogP contribution in [0.1, 0.15) is 26.7 Å². The van der Waals surface area contributed by atoms with Crippen LogP contribution in [0.25, 0.3) is 0 Å². The predicted octanol–water partition coefficient (Wildman–Crippen LogP) is 1.32. The maximum Gasteiger partial charge on any atom is 0.266 e. The minimum atomic E-state index is 0.0596. The lowest BCUT2D eigenvalue weighted by Crippen LogP contribution is -2.37. The van der Waals surface area contributed by atoms with E-state index in [4.69, 9.17) is 17.0 Å². The topological polar surface area (TPSA) is 29.5 Å². The Hall–Kier alpha value is -0.640. The van der Waals surface area contributed by atoms with Gasteiger partial charge in [0.05, 0.1) is 6.04 Å². The largest absolute Gasteiger partial charge is 0.468 e. The Bertz CT molecular complexity index is 205. The van der Waals surface area contributed by atoms with Gasteiger partial charge in [-0.25, -0.2) is 0 Å². The third-order valence-corrected chi connectivity index (χ3v) is 2.32. The lowest BCUT2D eigenvalue weighted by Gasteiger charge is -2.18. The van der Waals surface area contributed by atoms with E-state index in [-0.39, 0.29) is 11.9 Å². The van der Waals surface area contributed by atoms with Crippen molar-refractivity contribution in [1.29, 1.82) is 0 Å². The van der Waals surface area contributed by atoms with Crippen molar-refractivity contribution in [3.63, 3.8) is 0 Å². The summed E-state index contributed by atoms with van der Waals surface area (Å²) < 4.78 is 5.13. The lowest BCUT2D eigenvalue weighted by molar-refractivity contribution is -0.127. The fourth-order valence-electron chi connectivity index (χ4n) is 1.24. The Balaban J connectivity index is 2.70. The first-order valence-corrected chi connectivity index (χ1v) is 4.60. The first kappa shape index (κ1) is 9.45. The summed E-state index contributed by atoms with van der Waals surface area (Å²) in [5.41, 5.74) is 0. The van der Waals surface area contributed by atoms with Gasteiger partial charge in [0.2, 0.25) is 5.91 Å². The van der Waals surface area contributed by atoms with Crippen LogP contribution in [0.15, 0.2) is 0 Å². The Labute approximate surface area is 77.7 Å². The van der Waals surface area contributed by atoms with Gasteiger partial charge in [0.15, 0.2) is 0 Å². The van der Waals surface area contributed by atoms with Gasteiger partial charge in [-0.15, -0.1) is 0 Å². The molecule has 0 aromatic carbocycles. The molecule has 68 valence electrons. The highest BCUT2D eigenvalue weighted by Crippen LogP contribution is 2.16. The highest BCUT2D eigenvalue weighted by Gasteiger charge is 2.32. The van der Waals surface area contributed by atoms with E-state index in [0.717, 1.165) is 6.42 Å². The molecule has 0 aromatic heterocycles. The zero-order valence-corrected chi connectivity index (χ0v) is 8.19. The summed E-state index contributed by atoms with van der Waals surface area (Å²) >= 11 is 4.91. The van der Waals surface area contributed by atoms with Crippen LogP contribution in [0.2, 0.25) is 0 Å². The number of amides is 1. The normalized spacial score (nSPS) is 22.7. The van der Waals surface area contributed by atoms with Gasteiger partial charge >= 0.3 is 0 Å². The molecule has 12 heavy (non-hydrogen) atoms. The van der Waals surface area contributed by atoms with Crippen LogP contribution in [0.4, 0.5) is 0 Å². The Kier molecular flexibility index (Phi) is 3.03. The van der Waals surface area contributed by atoms with Gasteiger partial charge in [-0.3, -0.25) is 9.69 Å². The van der Waals surface area contributed by atoms with Crippen LogP contribution in [0.3, 0.4) is 0 Å². The van der Waals surface area contributed by atoms with E-state index < -0.39 is 0 Å². The van der Waals surface area contributed by atoms with Crippen molar-refractivity contribution >= 4 is 23.3 Å². The molecule has 0 bridgehead atoms. The number of nitrogens with zero attached hydrogens (tertiary/aromatic N) is 1. The molecule has 1 amide bonds. The average Bonchev–Trinajstić information content (AvgIpc) is 2.45. The van der Waals surface area contributed by atoms with Crippen molar-refractivity contribution in [3.8, 4) is 0 Å². The molecule has 4 heteroatoms. The van der Waals surface area contributed by atoms with Crippen LogP contribution >= 0.6 is 12.2 Å². The second-order valence-corrected chi connectivity index (χ2v) is 3.11. The number of hydrogen-bond acceptors (Lipinski definition) is 3. The maximum absolute atomic E-state index is 11.4. The van der Waals surface area contributed by atoms with Crippen molar-refractivity contribution in [2.75, 3.05) is 6.61 Å². The predicted molar refractivity (Wildman–Crippen MR) is 49.8 cm³/mol. The van der Waals surface area contributed by atoms with Crippen LogP contribution in [-0.2, 0) is 9.53 Å². The van der Waals surface area contributed by atoms with Gasteiger partial charge in [0.1, 0.15) is 6.61 Å². The molecule has 1 atom stereocenters. The molecule has 0 aliphatic carbocycles. The van der Waals surface area contributed by atoms with Crippen LogP contribution in [0.5, 0.6) is 0 Å². The van der Waals surface area contributed by atoms with Gasteiger partial charge in [-0.05, 0) is 18.6 Å². The van der Waals surface area contributed by atoms with E-state index >= 15 is 0 Å². The third-order valence-electron chi connectivity index (χ3n) is 2.00. The molecule has 0 N–H and O–H groups in total. The molecule has 3 nitrogen and oxygen atoms in total. The second kappa shape index (κ2) is 3.85. The number of thiocarbonyl (C=S) groups is 1. The molecule has 0 aromatic rings. The number of hydrogen-bond donors (Lipinski definition) is 0. The second-order valence-electron chi connectivity index (χ2n) is 2.76. The van der Waals surface area contributed by atoms with E-state index in [9.17, 15) is 4.79 Å². The number of ether oxygens (including phenoxy) is 1. The fraction of sp³-hybridized carbons (Fsp3) is 0.750. The summed E-state index contributed by atoms with van der Waals surface area (Å²) in [7, 11) is 0. The van der Waals surface area contributed by atoms with Crippen LogP contribution in [-0.4, -0.2) is 28.6 Å². The Morgan fingerprint density at radius 2 is 2.42 bits per heavy atom. The summed E-state index contributed by atoms with van der Waals surface area (Å²) in [4.78, 5) is 12.9. The highest BCUT2D eigenvalue weighted by molar-refractivity contribution is 7.80. The standard InChI is InChI=1S/C8H13NO2S/c1-3-6-5-11-8(12)9(6)7(10)4-2/h6H,3-5H2,1-2H3/t6-/m0/s1. The summed E-state index contributed by atoms with van der Waals surface area (Å²) in [6.45, 7) is 4.41. The van der Waals surface area contributed by atoms with Crippen LogP contribution < -0.4 is 0 Å². The minimum Gasteiger partial charge on any atom is -0.468 e. The molecule has 0 spiro atoms. The van der Waals surface area contributed by atoms with Crippen molar-refractivity contribution < 1.29 is 9.53 Å². The lowest BCUT2D eigenvalue weighted by atomic mass is 10.2. The summed E-state index contributed by atoms with van der Waals surface area (Å²) in [5, 5.41) is 0.341. The molecule has 0 radical (unpaired) electrons. The first-order valence-electron chi connectivity index (χ1n) is 4.19. The van der Waals surface area contributed by atoms with E-state index in [0.29, 0.717) is 18.2 Å². The van der Waals surface area contributed by atoms with E-state index in [1.54, 1.807) is 4.90 Å². The van der Waals surface area contributed by atoms with Crippen molar-refractivity contribution in [2.45, 2.75) is 32.7 Å². The molecule has 0 unspecified atom stereocenters. The molecule has 0 saturated carbocycles. The molecule has 1 aliphatic rings. The zero-order valence-electron chi connectivity index (χ0n) is 7.37. The molecule has 1 heterocycles.